The number of nitrogens with one attached hydrogen (secondary N) is 3. The van der Waals surface area contributed by atoms with Gasteiger partial charge in [-0.1, -0.05) is 6.92 Å². The van der Waals surface area contributed by atoms with Gasteiger partial charge in [-0.25, -0.2) is 0 Å². The summed E-state index contributed by atoms with van der Waals surface area (Å²) in [7, 11) is 0. The third kappa shape index (κ3) is 5.28. The number of alkyl halides is 2. The van der Waals surface area contributed by atoms with Crippen molar-refractivity contribution in [1.29, 1.82) is 0 Å². The van der Waals surface area contributed by atoms with Crippen LogP contribution in [0.2, 0.25) is 0 Å². The van der Waals surface area contributed by atoms with Crippen LogP contribution in [0.25, 0.3) is 11.3 Å². The van der Waals surface area contributed by atoms with Crippen molar-refractivity contribution in [3.8, 4) is 17.0 Å². The maximum absolute atomic E-state index is 12.8. The topological polar surface area (TPSA) is 79.0 Å². The Morgan fingerprint density at radius 2 is 2.07 bits per heavy atom. The van der Waals surface area contributed by atoms with E-state index >= 15 is 0 Å². The molecular formula is C20H26F2N4O2. The number of aromatic nitrogens is 2. The van der Waals surface area contributed by atoms with E-state index in [0.717, 1.165) is 44.3 Å². The highest BCUT2D eigenvalue weighted by molar-refractivity contribution is 5.92. The van der Waals surface area contributed by atoms with Crippen LogP contribution in [0.3, 0.4) is 0 Å². The number of carbonyl (C=O) groups is 1. The molecule has 1 aliphatic heterocycles. The lowest BCUT2D eigenvalue weighted by Crippen LogP contribution is -2.29. The van der Waals surface area contributed by atoms with Crippen molar-refractivity contribution >= 4 is 11.7 Å². The summed E-state index contributed by atoms with van der Waals surface area (Å²) in [6.45, 7) is 1.15. The second-order valence-electron chi connectivity index (χ2n) is 7.01. The molecule has 0 aliphatic carbocycles. The molecule has 0 spiro atoms. The van der Waals surface area contributed by atoms with E-state index in [1.165, 1.54) is 12.1 Å². The van der Waals surface area contributed by atoms with Gasteiger partial charge >= 0.3 is 6.61 Å². The summed E-state index contributed by atoms with van der Waals surface area (Å²) in [6.07, 6.45) is 3.94. The number of hydrogen-bond acceptors (Lipinski definition) is 4. The van der Waals surface area contributed by atoms with Crippen molar-refractivity contribution < 1.29 is 18.3 Å². The molecule has 2 unspecified atom stereocenters. The highest BCUT2D eigenvalue weighted by Crippen LogP contribution is 2.28. The third-order valence-corrected chi connectivity index (χ3v) is 5.19. The molecule has 28 heavy (non-hydrogen) atoms. The number of H-pyrrole nitrogens is 1. The van der Waals surface area contributed by atoms with Gasteiger partial charge in [0.2, 0.25) is 5.91 Å². The van der Waals surface area contributed by atoms with Crippen molar-refractivity contribution in [3.63, 3.8) is 0 Å². The molecule has 8 heteroatoms. The standard InChI is InChI=1S/C20H26F2N4O2/c1-2-16(13-4-3-10-23-11-9-13)19(27)24-18-12-17(25-26-18)14-5-7-15(8-6-14)28-20(21)22/h5-8,12-13,16,20,23H,2-4,9-11H2,1H3,(H2,24,25,26,27). The van der Waals surface area contributed by atoms with Crippen molar-refractivity contribution in [3.05, 3.63) is 30.3 Å². The molecule has 2 aromatic rings. The van der Waals surface area contributed by atoms with Crippen LogP contribution in [-0.4, -0.2) is 35.8 Å². The summed E-state index contributed by atoms with van der Waals surface area (Å²) in [5.74, 6) is 0.883. The predicted octanol–water partition coefficient (Wildman–Crippen LogP) is 4.03. The van der Waals surface area contributed by atoms with E-state index in [4.69, 9.17) is 0 Å². The molecule has 1 amide bonds. The van der Waals surface area contributed by atoms with Crippen molar-refractivity contribution in [1.82, 2.24) is 15.5 Å². The minimum atomic E-state index is -2.85. The van der Waals surface area contributed by atoms with Crippen molar-refractivity contribution in [2.24, 2.45) is 11.8 Å². The van der Waals surface area contributed by atoms with E-state index in [9.17, 15) is 13.6 Å². The van der Waals surface area contributed by atoms with E-state index in [2.05, 4.69) is 25.6 Å². The summed E-state index contributed by atoms with van der Waals surface area (Å²) in [5.41, 5.74) is 1.45. The smallest absolute Gasteiger partial charge is 0.387 e. The van der Waals surface area contributed by atoms with Gasteiger partial charge in [-0.2, -0.15) is 13.9 Å². The average Bonchev–Trinajstić information content (AvgIpc) is 2.96. The molecule has 1 saturated heterocycles. The van der Waals surface area contributed by atoms with E-state index in [1.54, 1.807) is 18.2 Å². The largest absolute Gasteiger partial charge is 0.435 e. The summed E-state index contributed by atoms with van der Waals surface area (Å²) < 4.78 is 28.8. The van der Waals surface area contributed by atoms with Gasteiger partial charge in [-0.05, 0) is 74.5 Å². The minimum absolute atomic E-state index is 0.00636. The zero-order chi connectivity index (χ0) is 19.9. The molecule has 1 aromatic heterocycles. The van der Waals surface area contributed by atoms with Gasteiger partial charge in [0, 0.05) is 12.0 Å². The van der Waals surface area contributed by atoms with Gasteiger partial charge in [0.15, 0.2) is 5.82 Å². The Morgan fingerprint density at radius 3 is 2.79 bits per heavy atom. The number of halogens is 2. The first-order valence-corrected chi connectivity index (χ1v) is 9.69. The molecule has 1 aromatic carbocycles. The number of aromatic amines is 1. The summed E-state index contributed by atoms with van der Waals surface area (Å²) >= 11 is 0. The maximum atomic E-state index is 12.8. The first kappa shape index (κ1) is 20.3. The summed E-state index contributed by atoms with van der Waals surface area (Å²) in [4.78, 5) is 12.8. The zero-order valence-corrected chi connectivity index (χ0v) is 15.9. The number of anilines is 1. The van der Waals surface area contributed by atoms with Crippen LogP contribution in [0, 0.1) is 11.8 Å². The fourth-order valence-electron chi connectivity index (χ4n) is 3.75. The van der Waals surface area contributed by atoms with Crippen LogP contribution in [0.4, 0.5) is 14.6 Å². The molecular weight excluding hydrogens is 366 g/mol. The fourth-order valence-corrected chi connectivity index (χ4v) is 3.75. The van der Waals surface area contributed by atoms with Gasteiger partial charge in [0.25, 0.3) is 0 Å². The Labute approximate surface area is 163 Å². The predicted molar refractivity (Wildman–Crippen MR) is 103 cm³/mol. The van der Waals surface area contributed by atoms with E-state index in [-0.39, 0.29) is 17.6 Å². The van der Waals surface area contributed by atoms with Gasteiger partial charge in [0.1, 0.15) is 5.75 Å². The second kappa shape index (κ2) is 9.64. The number of rotatable bonds is 7. The minimum Gasteiger partial charge on any atom is -0.435 e. The molecule has 6 nitrogen and oxygen atoms in total. The molecule has 3 rings (SSSR count). The Balaban J connectivity index is 1.63. The first-order chi connectivity index (χ1) is 13.6. The molecule has 0 radical (unpaired) electrons. The normalized spacial score (nSPS) is 18.5. The Kier molecular flexibility index (Phi) is 6.97. The van der Waals surface area contributed by atoms with Gasteiger partial charge < -0.3 is 15.4 Å². The third-order valence-electron chi connectivity index (χ3n) is 5.19. The number of carbonyl (C=O) groups excluding carboxylic acids is 1. The number of nitrogens with zero attached hydrogens (tertiary/aromatic N) is 1. The monoisotopic (exact) mass is 392 g/mol. The molecule has 2 heterocycles. The zero-order valence-electron chi connectivity index (χ0n) is 15.9. The molecule has 152 valence electrons. The van der Waals surface area contributed by atoms with Crippen LogP contribution in [0.15, 0.2) is 30.3 Å². The lowest BCUT2D eigenvalue weighted by molar-refractivity contribution is -0.121. The van der Waals surface area contributed by atoms with Gasteiger partial charge in [-0.15, -0.1) is 0 Å². The van der Waals surface area contributed by atoms with Crippen molar-refractivity contribution in [2.45, 2.75) is 39.2 Å². The van der Waals surface area contributed by atoms with Crippen LogP contribution in [0.1, 0.15) is 32.6 Å². The number of amides is 1. The SMILES string of the molecule is CCC(C(=O)Nc1cc(-c2ccc(OC(F)F)cc2)[nH]n1)C1CCCNCC1. The average molecular weight is 392 g/mol. The summed E-state index contributed by atoms with van der Waals surface area (Å²) in [6, 6.07) is 7.98. The summed E-state index contributed by atoms with van der Waals surface area (Å²) in [5, 5.41) is 13.3. The second-order valence-corrected chi connectivity index (χ2v) is 7.01. The van der Waals surface area contributed by atoms with E-state index < -0.39 is 6.61 Å². The number of hydrogen-bond donors (Lipinski definition) is 3. The van der Waals surface area contributed by atoms with Crippen LogP contribution >= 0.6 is 0 Å². The molecule has 2 atom stereocenters. The molecule has 0 bridgehead atoms. The van der Waals surface area contributed by atoms with Crippen LogP contribution in [-0.2, 0) is 4.79 Å². The quantitative estimate of drug-likeness (QED) is 0.665. The van der Waals surface area contributed by atoms with Crippen molar-refractivity contribution in [2.75, 3.05) is 18.4 Å². The molecule has 1 fully saturated rings. The van der Waals surface area contributed by atoms with E-state index in [1.807, 2.05) is 6.92 Å². The fraction of sp³-hybridized carbons (Fsp3) is 0.500. The molecule has 3 N–H and O–H groups in total. The lowest BCUT2D eigenvalue weighted by Gasteiger charge is -2.23. The highest BCUT2D eigenvalue weighted by Gasteiger charge is 2.27. The van der Waals surface area contributed by atoms with Gasteiger partial charge in [-0.3, -0.25) is 9.89 Å². The van der Waals surface area contributed by atoms with E-state index in [0.29, 0.717) is 17.4 Å². The maximum Gasteiger partial charge on any atom is 0.387 e. The molecule has 1 aliphatic rings. The van der Waals surface area contributed by atoms with Gasteiger partial charge in [0.05, 0.1) is 5.69 Å². The lowest BCUT2D eigenvalue weighted by atomic mass is 9.84. The highest BCUT2D eigenvalue weighted by atomic mass is 19.3. The van der Waals surface area contributed by atoms with Crippen LogP contribution in [0.5, 0.6) is 5.75 Å². The van der Waals surface area contributed by atoms with Crippen LogP contribution < -0.4 is 15.4 Å². The Morgan fingerprint density at radius 1 is 1.29 bits per heavy atom. The first-order valence-electron chi connectivity index (χ1n) is 9.69. The number of ether oxygens (including phenoxy) is 1. The molecule has 0 saturated carbocycles. The Bertz CT molecular complexity index is 756. The number of benzene rings is 1. The Hall–Kier alpha value is -2.48.